The van der Waals surface area contributed by atoms with Crippen LogP contribution in [0.25, 0.3) is 0 Å². The molecule has 6 nitrogen and oxygen atoms in total. The fraction of sp³-hybridized carbons (Fsp3) is 0.875. The van der Waals surface area contributed by atoms with E-state index in [0.717, 1.165) is 19.8 Å². The van der Waals surface area contributed by atoms with Gasteiger partial charge < -0.3 is 20.3 Å². The van der Waals surface area contributed by atoms with Gasteiger partial charge in [-0.15, -0.1) is 0 Å². The zero-order valence-corrected chi connectivity index (χ0v) is 14.0. The predicted octanol–water partition coefficient (Wildman–Crippen LogP) is 1.42. The summed E-state index contributed by atoms with van der Waals surface area (Å²) in [5.41, 5.74) is -1.96. The lowest BCUT2D eigenvalue weighted by molar-refractivity contribution is -0.156. The number of carboxylic acid groups (broad SMARTS) is 1. The summed E-state index contributed by atoms with van der Waals surface area (Å²) in [6.45, 7) is 7.24. The van der Waals surface area contributed by atoms with Crippen LogP contribution in [0.1, 0.15) is 47.0 Å². The van der Waals surface area contributed by atoms with Gasteiger partial charge in [0.05, 0.1) is 12.6 Å². The van der Waals surface area contributed by atoms with Crippen LogP contribution < -0.4 is 5.32 Å². The molecular formula is C16H29NO5. The summed E-state index contributed by atoms with van der Waals surface area (Å²) in [4.78, 5) is 22.5. The monoisotopic (exact) mass is 315 g/mol. The number of carboxylic acids is 1. The number of rotatable bonds is 7. The van der Waals surface area contributed by atoms with E-state index in [1.54, 1.807) is 0 Å². The summed E-state index contributed by atoms with van der Waals surface area (Å²) < 4.78 is 5.77. The molecule has 0 saturated heterocycles. The summed E-state index contributed by atoms with van der Waals surface area (Å²) >= 11 is 0. The minimum atomic E-state index is -1.96. The summed E-state index contributed by atoms with van der Waals surface area (Å²) in [5, 5.41) is 20.7. The predicted molar refractivity (Wildman–Crippen MR) is 82.4 cm³/mol. The maximum Gasteiger partial charge on any atom is 0.337 e. The molecule has 0 spiro atoms. The van der Waals surface area contributed by atoms with Gasteiger partial charge in [0.15, 0.2) is 5.60 Å². The zero-order chi connectivity index (χ0) is 16.9. The Hall–Kier alpha value is -1.14. The van der Waals surface area contributed by atoms with Crippen molar-refractivity contribution in [1.82, 2.24) is 5.32 Å². The number of carbonyl (C=O) groups excluding carboxylic acids is 1. The largest absolute Gasteiger partial charge is 0.479 e. The minimum absolute atomic E-state index is 0.0643. The fourth-order valence-electron chi connectivity index (χ4n) is 2.89. The van der Waals surface area contributed by atoms with Crippen LogP contribution in [0.2, 0.25) is 0 Å². The van der Waals surface area contributed by atoms with Crippen molar-refractivity contribution in [1.29, 1.82) is 0 Å². The van der Waals surface area contributed by atoms with E-state index in [1.165, 1.54) is 6.42 Å². The normalized spacial score (nSPS) is 28.2. The number of aliphatic carboxylic acids is 1. The highest BCUT2D eigenvalue weighted by molar-refractivity contribution is 5.80. The molecule has 0 aromatic heterocycles. The average Bonchev–Trinajstić information content (AvgIpc) is 2.42. The van der Waals surface area contributed by atoms with Crippen LogP contribution in [0.3, 0.4) is 0 Å². The molecule has 0 radical (unpaired) electrons. The number of ether oxygens (including phenoxy) is 1. The maximum atomic E-state index is 11.8. The van der Waals surface area contributed by atoms with Crippen molar-refractivity contribution in [3.05, 3.63) is 0 Å². The summed E-state index contributed by atoms with van der Waals surface area (Å²) in [7, 11) is 0. The van der Waals surface area contributed by atoms with Gasteiger partial charge in [0, 0.05) is 0 Å². The summed E-state index contributed by atoms with van der Waals surface area (Å²) in [6, 6.07) is 0. The smallest absolute Gasteiger partial charge is 0.337 e. The molecule has 0 aromatic rings. The van der Waals surface area contributed by atoms with E-state index >= 15 is 0 Å². The van der Waals surface area contributed by atoms with Gasteiger partial charge in [-0.25, -0.2) is 4.79 Å². The second-order valence-electron chi connectivity index (χ2n) is 7.03. The molecule has 0 aliphatic heterocycles. The molecule has 1 rings (SSSR count). The van der Waals surface area contributed by atoms with E-state index in [4.69, 9.17) is 9.84 Å². The van der Waals surface area contributed by atoms with Gasteiger partial charge in [-0.2, -0.15) is 0 Å². The van der Waals surface area contributed by atoms with Crippen molar-refractivity contribution >= 4 is 11.9 Å². The molecule has 1 aliphatic rings. The first-order valence-electron chi connectivity index (χ1n) is 7.97. The second kappa shape index (κ2) is 7.92. The quantitative estimate of drug-likeness (QED) is 0.660. The third kappa shape index (κ3) is 5.57. The standard InChI is InChI=1S/C16H29NO5/c1-10(2)12-6-5-11(3)7-13(12)22-8-14(18)17-9-16(4,21)15(19)20/h10-13,21H,5-9H2,1-4H3,(H,17,18)(H,19,20). The first-order chi connectivity index (χ1) is 10.1. The molecule has 4 atom stereocenters. The molecule has 3 N–H and O–H groups in total. The lowest BCUT2D eigenvalue weighted by Crippen LogP contribution is -2.47. The summed E-state index contributed by atoms with van der Waals surface area (Å²) in [6.07, 6.45) is 3.31. The Bertz CT molecular complexity index is 394. The fourth-order valence-corrected chi connectivity index (χ4v) is 2.89. The van der Waals surface area contributed by atoms with E-state index in [2.05, 4.69) is 26.1 Å². The molecule has 1 amide bonds. The van der Waals surface area contributed by atoms with Crippen molar-refractivity contribution in [3.8, 4) is 0 Å². The van der Waals surface area contributed by atoms with E-state index in [-0.39, 0.29) is 19.3 Å². The van der Waals surface area contributed by atoms with Gasteiger partial charge in [0.2, 0.25) is 5.91 Å². The number of hydrogen-bond acceptors (Lipinski definition) is 4. The molecule has 1 aliphatic carbocycles. The Balaban J connectivity index is 2.43. The van der Waals surface area contributed by atoms with Crippen molar-refractivity contribution in [2.24, 2.45) is 17.8 Å². The number of hydrogen-bond donors (Lipinski definition) is 3. The van der Waals surface area contributed by atoms with Gasteiger partial charge >= 0.3 is 5.97 Å². The van der Waals surface area contributed by atoms with Crippen LogP contribution in [-0.4, -0.2) is 46.9 Å². The molecule has 22 heavy (non-hydrogen) atoms. The second-order valence-corrected chi connectivity index (χ2v) is 7.03. The SMILES string of the molecule is CC1CCC(C(C)C)C(OCC(=O)NCC(C)(O)C(=O)O)C1. The Kier molecular flexibility index (Phi) is 6.81. The van der Waals surface area contributed by atoms with Crippen molar-refractivity contribution in [2.75, 3.05) is 13.2 Å². The Morgan fingerprint density at radius 3 is 2.55 bits per heavy atom. The van der Waals surface area contributed by atoms with Crippen molar-refractivity contribution in [2.45, 2.75) is 58.7 Å². The molecule has 0 aromatic carbocycles. The highest BCUT2D eigenvalue weighted by atomic mass is 16.5. The van der Waals surface area contributed by atoms with Crippen LogP contribution in [0.4, 0.5) is 0 Å². The third-order valence-electron chi connectivity index (χ3n) is 4.48. The van der Waals surface area contributed by atoms with Crippen LogP contribution in [-0.2, 0) is 14.3 Å². The topological polar surface area (TPSA) is 95.9 Å². The Labute approximate surface area is 132 Å². The highest BCUT2D eigenvalue weighted by Gasteiger charge is 2.33. The van der Waals surface area contributed by atoms with Gasteiger partial charge in [-0.1, -0.05) is 27.2 Å². The summed E-state index contributed by atoms with van der Waals surface area (Å²) in [5.74, 6) is -0.216. The average molecular weight is 315 g/mol. The van der Waals surface area contributed by atoms with E-state index in [9.17, 15) is 14.7 Å². The number of amides is 1. The number of nitrogens with one attached hydrogen (secondary N) is 1. The van der Waals surface area contributed by atoms with Crippen LogP contribution in [0.15, 0.2) is 0 Å². The first kappa shape index (κ1) is 18.9. The van der Waals surface area contributed by atoms with Gasteiger partial charge in [-0.05, 0) is 37.5 Å². The zero-order valence-electron chi connectivity index (χ0n) is 14.0. The van der Waals surface area contributed by atoms with Gasteiger partial charge in [0.1, 0.15) is 6.61 Å². The molecular weight excluding hydrogens is 286 g/mol. The van der Waals surface area contributed by atoms with Crippen molar-refractivity contribution < 1.29 is 24.5 Å². The molecule has 1 saturated carbocycles. The lowest BCUT2D eigenvalue weighted by Gasteiger charge is -2.37. The van der Waals surface area contributed by atoms with Gasteiger partial charge in [-0.3, -0.25) is 4.79 Å². The van der Waals surface area contributed by atoms with E-state index in [1.807, 2.05) is 0 Å². The highest BCUT2D eigenvalue weighted by Crippen LogP contribution is 2.35. The maximum absolute atomic E-state index is 11.8. The first-order valence-corrected chi connectivity index (χ1v) is 7.97. The Morgan fingerprint density at radius 2 is 2.00 bits per heavy atom. The number of aliphatic hydroxyl groups is 1. The van der Waals surface area contributed by atoms with E-state index in [0.29, 0.717) is 17.8 Å². The minimum Gasteiger partial charge on any atom is -0.479 e. The molecule has 4 unspecified atom stereocenters. The third-order valence-corrected chi connectivity index (χ3v) is 4.48. The van der Waals surface area contributed by atoms with Crippen molar-refractivity contribution in [3.63, 3.8) is 0 Å². The van der Waals surface area contributed by atoms with Crippen LogP contribution in [0, 0.1) is 17.8 Å². The Morgan fingerprint density at radius 1 is 1.36 bits per heavy atom. The molecule has 0 heterocycles. The van der Waals surface area contributed by atoms with Gasteiger partial charge in [0.25, 0.3) is 0 Å². The molecule has 6 heteroatoms. The number of carbonyl (C=O) groups is 2. The lowest BCUT2D eigenvalue weighted by atomic mass is 9.75. The molecule has 0 bridgehead atoms. The van der Waals surface area contributed by atoms with Crippen LogP contribution >= 0.6 is 0 Å². The van der Waals surface area contributed by atoms with Crippen LogP contribution in [0.5, 0.6) is 0 Å². The van der Waals surface area contributed by atoms with E-state index < -0.39 is 17.5 Å². The molecule has 128 valence electrons. The molecule has 1 fully saturated rings.